The van der Waals surface area contributed by atoms with Crippen molar-refractivity contribution in [3.8, 4) is 5.75 Å². The number of benzene rings is 1. The molecule has 1 rings (SSSR count). The molecule has 3 heteroatoms. The van der Waals surface area contributed by atoms with Gasteiger partial charge in [-0.1, -0.05) is 19.4 Å². The van der Waals surface area contributed by atoms with Crippen molar-refractivity contribution in [3.05, 3.63) is 26.6 Å². The predicted molar refractivity (Wildman–Crippen MR) is 62.1 cm³/mol. The molecule has 0 heterocycles. The summed E-state index contributed by atoms with van der Waals surface area (Å²) in [6.45, 7) is 2.16. The Morgan fingerprint density at radius 3 is 2.62 bits per heavy atom. The first-order valence-electron chi connectivity index (χ1n) is 4.32. The lowest BCUT2D eigenvalue weighted by molar-refractivity contribution is 0.467. The molecule has 72 valence electrons. The van der Waals surface area contributed by atoms with E-state index < -0.39 is 0 Å². The number of aromatic hydroxyl groups is 1. The Labute approximate surface area is 95.4 Å². The van der Waals surface area contributed by atoms with Crippen LogP contribution in [0.15, 0.2) is 21.1 Å². The van der Waals surface area contributed by atoms with Crippen molar-refractivity contribution in [1.29, 1.82) is 0 Å². The molecule has 1 aromatic carbocycles. The number of hydrogen-bond donors (Lipinski definition) is 1. The molecule has 0 saturated carbocycles. The Morgan fingerprint density at radius 2 is 2.00 bits per heavy atom. The number of aryl methyl sites for hydroxylation is 1. The van der Waals surface area contributed by atoms with Crippen LogP contribution in [-0.2, 0) is 6.42 Å². The van der Waals surface area contributed by atoms with E-state index in [9.17, 15) is 5.11 Å². The van der Waals surface area contributed by atoms with Crippen molar-refractivity contribution in [3.63, 3.8) is 0 Å². The molecule has 0 radical (unpaired) electrons. The molecule has 0 aliphatic carbocycles. The smallest absolute Gasteiger partial charge is 0.144 e. The van der Waals surface area contributed by atoms with Crippen LogP contribution < -0.4 is 0 Å². The normalized spacial score (nSPS) is 10.4. The van der Waals surface area contributed by atoms with E-state index in [-0.39, 0.29) is 0 Å². The molecule has 1 nitrogen and oxygen atoms in total. The molecule has 1 aromatic rings. The zero-order valence-electron chi connectivity index (χ0n) is 7.48. The fraction of sp³-hybridized carbons (Fsp3) is 0.400. The summed E-state index contributed by atoms with van der Waals surface area (Å²) in [5, 5.41) is 9.59. The number of unbranched alkanes of at least 4 members (excludes halogenated alkanes) is 1. The van der Waals surface area contributed by atoms with Crippen molar-refractivity contribution in [2.75, 3.05) is 0 Å². The van der Waals surface area contributed by atoms with Gasteiger partial charge in [-0.05, 0) is 56.3 Å². The van der Waals surface area contributed by atoms with Crippen molar-refractivity contribution >= 4 is 31.9 Å². The third-order valence-corrected chi connectivity index (χ3v) is 3.47. The van der Waals surface area contributed by atoms with Gasteiger partial charge in [0.05, 0.1) is 8.95 Å². The van der Waals surface area contributed by atoms with E-state index in [0.29, 0.717) is 5.75 Å². The van der Waals surface area contributed by atoms with Crippen LogP contribution in [0.2, 0.25) is 0 Å². The third-order valence-electron chi connectivity index (χ3n) is 1.95. The molecule has 0 bridgehead atoms. The highest BCUT2D eigenvalue weighted by Crippen LogP contribution is 2.35. The van der Waals surface area contributed by atoms with E-state index in [4.69, 9.17) is 0 Å². The largest absolute Gasteiger partial charge is 0.506 e. The molecule has 0 aliphatic rings. The summed E-state index contributed by atoms with van der Waals surface area (Å²) < 4.78 is 1.55. The molecule has 0 aliphatic heterocycles. The standard InChI is InChI=1S/C10H12Br2O/c1-2-3-4-7-5-6-8(11)10(13)9(7)12/h5-6,13H,2-4H2,1H3. The van der Waals surface area contributed by atoms with E-state index in [2.05, 4.69) is 38.8 Å². The molecule has 0 aromatic heterocycles. The lowest BCUT2D eigenvalue weighted by Gasteiger charge is -2.06. The topological polar surface area (TPSA) is 20.2 Å². The number of halogens is 2. The third kappa shape index (κ3) is 2.71. The van der Waals surface area contributed by atoms with Gasteiger partial charge in [-0.25, -0.2) is 0 Å². The number of rotatable bonds is 3. The molecule has 0 spiro atoms. The van der Waals surface area contributed by atoms with E-state index in [1.165, 1.54) is 12.0 Å². The summed E-state index contributed by atoms with van der Waals surface area (Å²) in [7, 11) is 0. The van der Waals surface area contributed by atoms with Gasteiger partial charge in [0, 0.05) is 0 Å². The van der Waals surface area contributed by atoms with Crippen LogP contribution in [-0.4, -0.2) is 5.11 Å². The summed E-state index contributed by atoms with van der Waals surface area (Å²) in [5.74, 6) is 0.300. The summed E-state index contributed by atoms with van der Waals surface area (Å²) in [4.78, 5) is 0. The Morgan fingerprint density at radius 1 is 1.31 bits per heavy atom. The van der Waals surface area contributed by atoms with E-state index in [0.717, 1.165) is 21.8 Å². The van der Waals surface area contributed by atoms with E-state index in [1.807, 2.05) is 12.1 Å². The first-order valence-corrected chi connectivity index (χ1v) is 5.91. The zero-order chi connectivity index (χ0) is 9.84. The minimum atomic E-state index is 0.300. The fourth-order valence-corrected chi connectivity index (χ4v) is 2.28. The van der Waals surface area contributed by atoms with E-state index >= 15 is 0 Å². The van der Waals surface area contributed by atoms with Crippen molar-refractivity contribution in [1.82, 2.24) is 0 Å². The average Bonchev–Trinajstić information content (AvgIpc) is 2.13. The maximum atomic E-state index is 9.59. The van der Waals surface area contributed by atoms with Gasteiger partial charge in [-0.2, -0.15) is 0 Å². The first-order chi connectivity index (χ1) is 6.16. The van der Waals surface area contributed by atoms with Crippen molar-refractivity contribution in [2.24, 2.45) is 0 Å². The SMILES string of the molecule is CCCCc1ccc(Br)c(O)c1Br. The summed E-state index contributed by atoms with van der Waals surface area (Å²) in [6.07, 6.45) is 3.33. The molecule has 1 N–H and O–H groups in total. The minimum Gasteiger partial charge on any atom is -0.506 e. The lowest BCUT2D eigenvalue weighted by atomic mass is 10.1. The Kier molecular flexibility index (Phi) is 4.26. The second-order valence-electron chi connectivity index (χ2n) is 2.97. The summed E-state index contributed by atoms with van der Waals surface area (Å²) >= 11 is 6.65. The Hall–Kier alpha value is -0.0200. The maximum absolute atomic E-state index is 9.59. The summed E-state index contributed by atoms with van der Waals surface area (Å²) in [6, 6.07) is 3.91. The van der Waals surface area contributed by atoms with Gasteiger partial charge in [-0.15, -0.1) is 0 Å². The number of phenolic OH excluding ortho intramolecular Hbond substituents is 1. The van der Waals surface area contributed by atoms with Crippen LogP contribution in [0, 0.1) is 0 Å². The zero-order valence-corrected chi connectivity index (χ0v) is 10.7. The van der Waals surface area contributed by atoms with Gasteiger partial charge in [0.1, 0.15) is 5.75 Å². The van der Waals surface area contributed by atoms with Gasteiger partial charge in [0.2, 0.25) is 0 Å². The highest BCUT2D eigenvalue weighted by atomic mass is 79.9. The molecular weight excluding hydrogens is 296 g/mol. The average molecular weight is 308 g/mol. The lowest BCUT2D eigenvalue weighted by Crippen LogP contribution is -1.87. The summed E-state index contributed by atoms with van der Waals surface area (Å²) in [5.41, 5.74) is 1.17. The number of phenols is 1. The molecule has 0 fully saturated rings. The fourth-order valence-electron chi connectivity index (χ4n) is 1.14. The minimum absolute atomic E-state index is 0.300. The molecule has 13 heavy (non-hydrogen) atoms. The van der Waals surface area contributed by atoms with Crippen LogP contribution in [0.5, 0.6) is 5.75 Å². The second-order valence-corrected chi connectivity index (χ2v) is 4.62. The van der Waals surface area contributed by atoms with E-state index in [1.54, 1.807) is 0 Å². The Balaban J connectivity index is 2.90. The van der Waals surface area contributed by atoms with Crippen LogP contribution in [0.1, 0.15) is 25.3 Å². The van der Waals surface area contributed by atoms with Crippen LogP contribution in [0.4, 0.5) is 0 Å². The molecule has 0 unspecified atom stereocenters. The highest BCUT2D eigenvalue weighted by molar-refractivity contribution is 9.11. The van der Waals surface area contributed by atoms with Crippen molar-refractivity contribution < 1.29 is 5.11 Å². The molecule has 0 saturated heterocycles. The van der Waals surface area contributed by atoms with Crippen LogP contribution in [0.3, 0.4) is 0 Å². The van der Waals surface area contributed by atoms with Crippen molar-refractivity contribution in [2.45, 2.75) is 26.2 Å². The molecule has 0 amide bonds. The van der Waals surface area contributed by atoms with Gasteiger partial charge in [0.15, 0.2) is 0 Å². The molecule has 0 atom stereocenters. The second kappa shape index (κ2) is 5.01. The number of hydrogen-bond acceptors (Lipinski definition) is 1. The quantitative estimate of drug-likeness (QED) is 0.884. The first kappa shape index (κ1) is 11.1. The molecular formula is C10H12Br2O. The highest BCUT2D eigenvalue weighted by Gasteiger charge is 2.07. The van der Waals surface area contributed by atoms with Gasteiger partial charge in [0.25, 0.3) is 0 Å². The Bertz CT molecular complexity index is 297. The monoisotopic (exact) mass is 306 g/mol. The van der Waals surface area contributed by atoms with Gasteiger partial charge < -0.3 is 5.11 Å². The van der Waals surface area contributed by atoms with Gasteiger partial charge in [-0.3, -0.25) is 0 Å². The predicted octanol–water partition coefficient (Wildman–Crippen LogP) is 4.26. The van der Waals surface area contributed by atoms with Crippen LogP contribution >= 0.6 is 31.9 Å². The van der Waals surface area contributed by atoms with Crippen LogP contribution in [0.25, 0.3) is 0 Å². The maximum Gasteiger partial charge on any atom is 0.144 e. The van der Waals surface area contributed by atoms with Gasteiger partial charge >= 0.3 is 0 Å².